The fourth-order valence-electron chi connectivity index (χ4n) is 8.03. The number of rotatable bonds is 5. The van der Waals surface area contributed by atoms with Crippen LogP contribution in [-0.2, 0) is 0 Å². The van der Waals surface area contributed by atoms with Crippen LogP contribution in [-0.4, -0.2) is 15.0 Å². The molecule has 0 atom stereocenters. The van der Waals surface area contributed by atoms with Crippen LogP contribution in [0.5, 0.6) is 0 Å². The van der Waals surface area contributed by atoms with Crippen LogP contribution >= 0.6 is 11.3 Å². The molecular weight excluding hydrogens is 687 g/mol. The van der Waals surface area contributed by atoms with Crippen molar-refractivity contribution in [2.45, 2.75) is 0 Å². The molecule has 11 rings (SSSR count). The Balaban J connectivity index is 1.07. The molecule has 256 valence electrons. The Kier molecular flexibility index (Phi) is 7.35. The van der Waals surface area contributed by atoms with Gasteiger partial charge < -0.3 is 0 Å². The molecule has 0 aliphatic rings. The molecule has 0 saturated heterocycles. The average molecular weight is 718 g/mol. The van der Waals surface area contributed by atoms with Gasteiger partial charge in [-0.05, 0) is 84.9 Å². The first kappa shape index (κ1) is 31.5. The van der Waals surface area contributed by atoms with E-state index in [1.54, 1.807) is 0 Å². The summed E-state index contributed by atoms with van der Waals surface area (Å²) in [4.78, 5) is 15.5. The van der Waals surface area contributed by atoms with Gasteiger partial charge in [0.25, 0.3) is 0 Å². The van der Waals surface area contributed by atoms with Gasteiger partial charge in [-0.15, -0.1) is 11.3 Å². The third-order valence-corrected chi connectivity index (χ3v) is 11.9. The molecule has 55 heavy (non-hydrogen) atoms. The zero-order chi connectivity index (χ0) is 36.3. The number of nitrogens with zero attached hydrogens (tertiary/aromatic N) is 3. The van der Waals surface area contributed by atoms with Crippen molar-refractivity contribution in [2.75, 3.05) is 0 Å². The number of hydrogen-bond acceptors (Lipinski definition) is 4. The molecule has 0 saturated carbocycles. The van der Waals surface area contributed by atoms with Gasteiger partial charge in [0, 0.05) is 36.9 Å². The number of aromatic nitrogens is 3. The Morgan fingerprint density at radius 1 is 0.291 bits per heavy atom. The summed E-state index contributed by atoms with van der Waals surface area (Å²) in [5, 5.41) is 9.86. The van der Waals surface area contributed by atoms with Crippen molar-refractivity contribution in [1.29, 1.82) is 0 Å². The van der Waals surface area contributed by atoms with Crippen molar-refractivity contribution < 1.29 is 0 Å². The van der Waals surface area contributed by atoms with E-state index in [1.165, 1.54) is 63.6 Å². The summed E-state index contributed by atoms with van der Waals surface area (Å²) in [5.41, 5.74) is 7.50. The lowest BCUT2D eigenvalue weighted by molar-refractivity contribution is 1.07. The molecule has 4 heteroatoms. The van der Waals surface area contributed by atoms with Gasteiger partial charge in [-0.25, -0.2) is 15.0 Å². The van der Waals surface area contributed by atoms with Crippen LogP contribution in [0.3, 0.4) is 0 Å². The Morgan fingerprint density at radius 3 is 1.64 bits per heavy atom. The van der Waals surface area contributed by atoms with Crippen molar-refractivity contribution in [3.63, 3.8) is 0 Å². The molecule has 9 aromatic carbocycles. The van der Waals surface area contributed by atoms with Gasteiger partial charge in [0.15, 0.2) is 17.5 Å². The van der Waals surface area contributed by atoms with Crippen molar-refractivity contribution in [3.05, 3.63) is 188 Å². The first-order valence-corrected chi connectivity index (χ1v) is 19.3. The maximum Gasteiger partial charge on any atom is 0.164 e. The summed E-state index contributed by atoms with van der Waals surface area (Å²) in [7, 11) is 0. The van der Waals surface area contributed by atoms with Crippen LogP contribution in [0.1, 0.15) is 0 Å². The minimum Gasteiger partial charge on any atom is -0.208 e. The highest BCUT2D eigenvalue weighted by molar-refractivity contribution is 7.25. The summed E-state index contributed by atoms with van der Waals surface area (Å²) >= 11 is 1.81. The topological polar surface area (TPSA) is 38.7 Å². The second kappa shape index (κ2) is 12.8. The van der Waals surface area contributed by atoms with E-state index in [-0.39, 0.29) is 0 Å². The Labute approximate surface area is 321 Å². The second-order valence-electron chi connectivity index (χ2n) is 14.0. The Hall–Kier alpha value is -7.01. The number of thiophene rings is 1. The van der Waals surface area contributed by atoms with E-state index in [0.29, 0.717) is 17.5 Å². The van der Waals surface area contributed by atoms with E-state index in [9.17, 15) is 0 Å². The Morgan fingerprint density at radius 2 is 0.818 bits per heavy atom. The predicted octanol–water partition coefficient (Wildman–Crippen LogP) is 14.0. The van der Waals surface area contributed by atoms with Gasteiger partial charge in [-0.3, -0.25) is 0 Å². The van der Waals surface area contributed by atoms with Crippen LogP contribution < -0.4 is 0 Å². The first-order chi connectivity index (χ1) is 27.2. The van der Waals surface area contributed by atoms with E-state index >= 15 is 0 Å². The van der Waals surface area contributed by atoms with Crippen molar-refractivity contribution in [2.24, 2.45) is 0 Å². The van der Waals surface area contributed by atoms with Gasteiger partial charge in [0.2, 0.25) is 0 Å². The normalized spacial score (nSPS) is 11.6. The van der Waals surface area contributed by atoms with Gasteiger partial charge in [-0.2, -0.15) is 0 Å². The third kappa shape index (κ3) is 5.46. The minimum absolute atomic E-state index is 0.639. The highest BCUT2D eigenvalue weighted by atomic mass is 32.1. The quantitative estimate of drug-likeness (QED) is 0.166. The molecule has 0 radical (unpaired) electrons. The predicted molar refractivity (Wildman–Crippen MR) is 232 cm³/mol. The molecule has 0 bridgehead atoms. The monoisotopic (exact) mass is 717 g/mol. The molecule has 2 aromatic heterocycles. The van der Waals surface area contributed by atoms with Crippen LogP contribution in [0.2, 0.25) is 0 Å². The van der Waals surface area contributed by atoms with Gasteiger partial charge in [0.05, 0.1) is 0 Å². The molecule has 11 aromatic rings. The fourth-order valence-corrected chi connectivity index (χ4v) is 9.12. The number of fused-ring (bicyclic) bond motifs is 7. The zero-order valence-corrected chi connectivity index (χ0v) is 30.5. The maximum absolute atomic E-state index is 5.20. The number of hydrogen-bond donors (Lipinski definition) is 0. The molecule has 0 aliphatic carbocycles. The van der Waals surface area contributed by atoms with Gasteiger partial charge >= 0.3 is 0 Å². The van der Waals surface area contributed by atoms with Crippen LogP contribution in [0.4, 0.5) is 0 Å². The zero-order valence-electron chi connectivity index (χ0n) is 29.6. The van der Waals surface area contributed by atoms with Gasteiger partial charge in [0.1, 0.15) is 0 Å². The highest BCUT2D eigenvalue weighted by Gasteiger charge is 2.16. The van der Waals surface area contributed by atoms with Crippen LogP contribution in [0, 0.1) is 0 Å². The highest BCUT2D eigenvalue weighted by Crippen LogP contribution is 2.38. The molecule has 0 N–H and O–H groups in total. The van der Waals surface area contributed by atoms with Crippen molar-refractivity contribution >= 4 is 63.8 Å². The van der Waals surface area contributed by atoms with Crippen molar-refractivity contribution in [1.82, 2.24) is 15.0 Å². The minimum atomic E-state index is 0.639. The van der Waals surface area contributed by atoms with E-state index in [2.05, 4.69) is 188 Å². The lowest BCUT2D eigenvalue weighted by Gasteiger charge is -2.13. The third-order valence-electron chi connectivity index (χ3n) is 10.7. The second-order valence-corrected chi connectivity index (χ2v) is 15.1. The Bertz CT molecular complexity index is 3270. The van der Waals surface area contributed by atoms with E-state index in [1.807, 2.05) is 11.3 Å². The van der Waals surface area contributed by atoms with E-state index in [4.69, 9.17) is 15.0 Å². The SMILES string of the molecule is c1cc(-c2nc(-c3ccc(-c4cccc5ccccc45)cc3)nc(-c3ccc4sc5ccccc5c4c3)n2)cc(-c2cccc3ccc4ccccc4c23)c1. The molecule has 2 heterocycles. The standard InChI is InChI=1S/C51H31N3S/c1-3-16-40-32(10-1)12-8-19-41(40)34-23-26-36(27-24-34)49-52-50(54-51(53-49)39-28-29-47-45(31-39)44-18-5-6-21-46(44)55-47)38-15-7-14-37(30-38)43-20-9-13-35-25-22-33-11-2-4-17-42(33)48(35)43/h1-31H. The summed E-state index contributed by atoms with van der Waals surface area (Å²) in [6.07, 6.45) is 0. The summed E-state index contributed by atoms with van der Waals surface area (Å²) in [6, 6.07) is 67.0. The summed E-state index contributed by atoms with van der Waals surface area (Å²) in [6.45, 7) is 0. The van der Waals surface area contributed by atoms with Crippen LogP contribution in [0.25, 0.3) is 109 Å². The molecule has 3 nitrogen and oxygen atoms in total. The maximum atomic E-state index is 5.20. The van der Waals surface area contributed by atoms with Crippen LogP contribution in [0.15, 0.2) is 188 Å². The molecular formula is C51H31N3S. The van der Waals surface area contributed by atoms with Gasteiger partial charge in [-0.1, -0.05) is 158 Å². The lowest BCUT2D eigenvalue weighted by Crippen LogP contribution is -2.00. The molecule has 0 fully saturated rings. The molecule has 0 aliphatic heterocycles. The molecule has 0 amide bonds. The molecule has 0 spiro atoms. The summed E-state index contributed by atoms with van der Waals surface area (Å²) < 4.78 is 2.52. The first-order valence-electron chi connectivity index (χ1n) is 18.5. The molecule has 0 unspecified atom stereocenters. The van der Waals surface area contributed by atoms with E-state index in [0.717, 1.165) is 27.8 Å². The van der Waals surface area contributed by atoms with E-state index < -0.39 is 0 Å². The fraction of sp³-hybridized carbons (Fsp3) is 0. The number of benzene rings is 9. The van der Waals surface area contributed by atoms with Crippen molar-refractivity contribution in [3.8, 4) is 56.4 Å². The largest absolute Gasteiger partial charge is 0.208 e. The smallest absolute Gasteiger partial charge is 0.164 e. The summed E-state index contributed by atoms with van der Waals surface area (Å²) in [5.74, 6) is 1.93. The lowest BCUT2D eigenvalue weighted by atomic mass is 9.93. The average Bonchev–Trinajstić information content (AvgIpc) is 3.64.